The normalized spacial score (nSPS) is 12.1. The Balaban J connectivity index is 0.00000544. The Hall–Kier alpha value is -2.86. The van der Waals surface area contributed by atoms with E-state index in [1.807, 2.05) is 19.2 Å². The largest absolute Gasteiger partial charge is 0.523 e. The van der Waals surface area contributed by atoms with Crippen LogP contribution in [0.2, 0.25) is 0 Å². The van der Waals surface area contributed by atoms with Crippen LogP contribution < -0.4 is 9.47 Å². The molecular weight excluding hydrogens is 467 g/mol. The summed E-state index contributed by atoms with van der Waals surface area (Å²) in [7, 11) is 6.33. The molecule has 1 radical (unpaired) electrons. The third kappa shape index (κ3) is 7.06. The summed E-state index contributed by atoms with van der Waals surface area (Å²) in [6.07, 6.45) is 2.49. The molecule has 2 aromatic carbocycles. The van der Waals surface area contributed by atoms with E-state index in [1.165, 1.54) is 14.2 Å². The first-order valence-corrected chi connectivity index (χ1v) is 10.3. The smallest absolute Gasteiger partial charge is 0.328 e. The number of hydrogen-bond acceptors (Lipinski definition) is 7. The Morgan fingerprint density at radius 2 is 1.94 bits per heavy atom. The molecule has 0 saturated heterocycles. The molecule has 0 saturated carbocycles. The fourth-order valence-corrected chi connectivity index (χ4v) is 3.59. The first-order chi connectivity index (χ1) is 15.4. The number of carbonyl (C=O) groups is 2. The Morgan fingerprint density at radius 3 is 2.55 bits per heavy atom. The minimum atomic E-state index is -1.41. The van der Waals surface area contributed by atoms with Gasteiger partial charge in [-0.25, -0.2) is 0 Å². The maximum atomic E-state index is 12.6. The van der Waals surface area contributed by atoms with Crippen LogP contribution in [0.15, 0.2) is 36.4 Å². The minimum absolute atomic E-state index is 0. The number of rotatable bonds is 12. The summed E-state index contributed by atoms with van der Waals surface area (Å²) in [5.41, 5.74) is 0.714. The number of esters is 1. The molecule has 0 bridgehead atoms. The molecule has 0 spiro atoms. The molecule has 2 rings (SSSR count). The monoisotopic (exact) mass is 496 g/mol. The number of likely N-dealkylation sites (N-methyl/N-ethyl adjacent to an activating group) is 1. The van der Waals surface area contributed by atoms with Crippen LogP contribution in [0.25, 0.3) is 0 Å². The summed E-state index contributed by atoms with van der Waals surface area (Å²) < 4.78 is 15.4. The van der Waals surface area contributed by atoms with Gasteiger partial charge in [0.2, 0.25) is 0 Å². The molecule has 33 heavy (non-hydrogen) atoms. The zero-order valence-electron chi connectivity index (χ0n) is 19.3. The summed E-state index contributed by atoms with van der Waals surface area (Å²) in [5, 5.41) is 9.95. The van der Waals surface area contributed by atoms with Gasteiger partial charge in [0.25, 0.3) is 0 Å². The van der Waals surface area contributed by atoms with Crippen LogP contribution in [-0.2, 0) is 38.1 Å². The van der Waals surface area contributed by atoms with Crippen molar-refractivity contribution in [1.29, 1.82) is 5.26 Å². The van der Waals surface area contributed by atoms with Crippen LogP contribution >= 0.6 is 0 Å². The van der Waals surface area contributed by atoms with Gasteiger partial charge in [0, 0.05) is 29.1 Å². The van der Waals surface area contributed by atoms with Crippen molar-refractivity contribution in [1.82, 2.24) is 4.90 Å². The Kier molecular flexibility index (Phi) is 11.6. The van der Waals surface area contributed by atoms with Crippen LogP contribution in [0.3, 0.4) is 0 Å². The van der Waals surface area contributed by atoms with Crippen LogP contribution in [0.1, 0.15) is 34.3 Å². The van der Waals surface area contributed by atoms with E-state index in [9.17, 15) is 14.9 Å². The van der Waals surface area contributed by atoms with Gasteiger partial charge in [-0.05, 0) is 50.6 Å². The van der Waals surface area contributed by atoms with E-state index in [4.69, 9.17) is 14.2 Å². The standard InChI is InChI=1S/C25H29N2O5.Co/c1-27(14-11-19-9-10-20(17-28)23(15-19)31-3)13-6-12-25(18-26,24(29)32-4)21-7-5-8-22(16-21)30-2;/h5,7,9-10,15-17H,6,11-14H2,1-4H3;/q-1;. The second-order valence-corrected chi connectivity index (χ2v) is 7.51. The average Bonchev–Trinajstić information content (AvgIpc) is 2.84. The van der Waals surface area contributed by atoms with Crippen LogP contribution in [-0.4, -0.2) is 58.6 Å². The summed E-state index contributed by atoms with van der Waals surface area (Å²) in [5.74, 6) is 0.435. The number of aldehydes is 1. The molecule has 1 unspecified atom stereocenters. The maximum Gasteiger partial charge on any atom is 0.328 e. The van der Waals surface area contributed by atoms with E-state index in [2.05, 4.69) is 17.0 Å². The van der Waals surface area contributed by atoms with Gasteiger partial charge in [0.05, 0.1) is 33.0 Å². The van der Waals surface area contributed by atoms with Gasteiger partial charge in [-0.1, -0.05) is 6.07 Å². The third-order valence-corrected chi connectivity index (χ3v) is 5.51. The zero-order valence-corrected chi connectivity index (χ0v) is 20.4. The van der Waals surface area contributed by atoms with Crippen molar-refractivity contribution in [3.63, 3.8) is 0 Å². The summed E-state index contributed by atoms with van der Waals surface area (Å²) in [6, 6.07) is 15.6. The predicted octanol–water partition coefficient (Wildman–Crippen LogP) is 3.20. The maximum absolute atomic E-state index is 12.6. The quantitative estimate of drug-likeness (QED) is 0.253. The molecule has 2 aromatic rings. The molecule has 0 aliphatic rings. The van der Waals surface area contributed by atoms with Crippen LogP contribution in [0, 0.1) is 17.4 Å². The van der Waals surface area contributed by atoms with E-state index in [-0.39, 0.29) is 16.8 Å². The molecule has 0 aliphatic carbocycles. The SMILES string of the molecule is COC(=O)C(C#N)(CCCN(C)CCc1ccc(C=O)c(OC)c1)c1cc[c-]c(OC)c1.[Co]. The summed E-state index contributed by atoms with van der Waals surface area (Å²) >= 11 is 0. The van der Waals surface area contributed by atoms with Gasteiger partial charge in [0.15, 0.2) is 11.7 Å². The van der Waals surface area contributed by atoms with Crippen molar-refractivity contribution in [2.45, 2.75) is 24.7 Å². The first-order valence-electron chi connectivity index (χ1n) is 10.3. The second kappa shape index (κ2) is 13.6. The van der Waals surface area contributed by atoms with Crippen molar-refractivity contribution in [2.75, 3.05) is 41.5 Å². The fraction of sp³-hybridized carbons (Fsp3) is 0.400. The Labute approximate surface area is 205 Å². The van der Waals surface area contributed by atoms with Crippen LogP contribution in [0.5, 0.6) is 11.5 Å². The summed E-state index contributed by atoms with van der Waals surface area (Å²) in [4.78, 5) is 25.8. The van der Waals surface area contributed by atoms with E-state index >= 15 is 0 Å². The number of ether oxygens (including phenoxy) is 3. The van der Waals surface area contributed by atoms with Gasteiger partial charge >= 0.3 is 5.97 Å². The van der Waals surface area contributed by atoms with Gasteiger partial charge in [-0.3, -0.25) is 9.59 Å². The average molecular weight is 496 g/mol. The molecule has 0 aliphatic heterocycles. The van der Waals surface area contributed by atoms with E-state index in [0.717, 1.165) is 24.8 Å². The second-order valence-electron chi connectivity index (χ2n) is 7.51. The number of methoxy groups -OCH3 is 3. The molecular formula is C25H29CoN2O5-. The topological polar surface area (TPSA) is 88.9 Å². The predicted molar refractivity (Wildman–Crippen MR) is 120 cm³/mol. The molecule has 0 amide bonds. The van der Waals surface area contributed by atoms with Crippen molar-refractivity contribution in [3.05, 3.63) is 59.2 Å². The van der Waals surface area contributed by atoms with Gasteiger partial charge in [0.1, 0.15) is 5.75 Å². The molecule has 0 heterocycles. The molecule has 179 valence electrons. The molecule has 0 N–H and O–H groups in total. The van der Waals surface area contributed by atoms with E-state index < -0.39 is 11.4 Å². The number of carbonyl (C=O) groups excluding carboxylic acids is 2. The zero-order chi connectivity index (χ0) is 23.6. The van der Waals surface area contributed by atoms with E-state index in [0.29, 0.717) is 42.0 Å². The molecule has 0 aromatic heterocycles. The Morgan fingerprint density at radius 1 is 1.18 bits per heavy atom. The van der Waals surface area contributed by atoms with Crippen molar-refractivity contribution >= 4 is 12.3 Å². The van der Waals surface area contributed by atoms with Crippen molar-refractivity contribution in [2.24, 2.45) is 0 Å². The molecule has 7 nitrogen and oxygen atoms in total. The van der Waals surface area contributed by atoms with E-state index in [1.54, 1.807) is 31.4 Å². The van der Waals surface area contributed by atoms with Gasteiger partial charge < -0.3 is 19.1 Å². The molecule has 8 heteroatoms. The van der Waals surface area contributed by atoms with Crippen molar-refractivity contribution < 1.29 is 40.6 Å². The summed E-state index contributed by atoms with van der Waals surface area (Å²) in [6.45, 7) is 1.47. The van der Waals surface area contributed by atoms with Crippen molar-refractivity contribution in [3.8, 4) is 17.6 Å². The number of nitrogens with zero attached hydrogens (tertiary/aromatic N) is 2. The minimum Gasteiger partial charge on any atom is -0.523 e. The van der Waals surface area contributed by atoms with Gasteiger partial charge in [-0.15, -0.1) is 17.7 Å². The first kappa shape index (κ1) is 28.2. The van der Waals surface area contributed by atoms with Gasteiger partial charge in [-0.2, -0.15) is 17.4 Å². The number of hydrogen-bond donors (Lipinski definition) is 0. The fourth-order valence-electron chi connectivity index (χ4n) is 3.59. The Bertz CT molecular complexity index is 976. The number of benzene rings is 2. The van der Waals surface area contributed by atoms with Crippen LogP contribution in [0.4, 0.5) is 0 Å². The third-order valence-electron chi connectivity index (χ3n) is 5.51. The number of nitriles is 1. The molecule has 1 atom stereocenters. The molecule has 0 fully saturated rings.